The highest BCUT2D eigenvalue weighted by Crippen LogP contribution is 2.22. The van der Waals surface area contributed by atoms with E-state index in [1.165, 1.54) is 5.56 Å². The molecule has 110 valence electrons. The second-order valence-electron chi connectivity index (χ2n) is 5.40. The van der Waals surface area contributed by atoms with Gasteiger partial charge >= 0.3 is 0 Å². The van der Waals surface area contributed by atoms with E-state index >= 15 is 0 Å². The fraction of sp³-hybridized carbons (Fsp3) is 0.278. The lowest BCUT2D eigenvalue weighted by Crippen LogP contribution is -2.12. The number of ketones is 1. The number of aryl methyl sites for hydroxylation is 1. The van der Waals surface area contributed by atoms with Crippen LogP contribution in [0, 0.1) is 6.92 Å². The highest BCUT2D eigenvalue weighted by Gasteiger charge is 2.09. The summed E-state index contributed by atoms with van der Waals surface area (Å²) in [5, 5.41) is 0. The van der Waals surface area contributed by atoms with Crippen LogP contribution in [-0.4, -0.2) is 12.4 Å². The Morgan fingerprint density at radius 3 is 2.38 bits per heavy atom. The smallest absolute Gasteiger partial charge is 0.200 e. The maximum Gasteiger partial charge on any atom is 0.200 e. The van der Waals surface area contributed by atoms with E-state index in [9.17, 15) is 4.79 Å². The molecule has 2 aromatic rings. The Labute approximate surface area is 134 Å². The van der Waals surface area contributed by atoms with Crippen LogP contribution in [0.2, 0.25) is 0 Å². The van der Waals surface area contributed by atoms with Gasteiger partial charge in [0.05, 0.1) is 0 Å². The van der Waals surface area contributed by atoms with Crippen molar-refractivity contribution >= 4 is 21.7 Å². The molecule has 0 fully saturated rings. The van der Waals surface area contributed by atoms with Crippen molar-refractivity contribution < 1.29 is 9.53 Å². The number of benzene rings is 2. The van der Waals surface area contributed by atoms with Crippen LogP contribution in [0.3, 0.4) is 0 Å². The maximum atomic E-state index is 12.1. The summed E-state index contributed by atoms with van der Waals surface area (Å²) < 4.78 is 6.62. The third-order valence-electron chi connectivity index (χ3n) is 3.40. The fourth-order valence-corrected chi connectivity index (χ4v) is 2.53. The summed E-state index contributed by atoms with van der Waals surface area (Å²) in [6.45, 7) is 6.29. The second kappa shape index (κ2) is 6.90. The summed E-state index contributed by atoms with van der Waals surface area (Å²) in [7, 11) is 0. The SMILES string of the molecule is Cc1cc(Br)ccc1OCC(=O)c1ccc(C(C)C)cc1. The quantitative estimate of drug-likeness (QED) is 0.700. The Hall–Kier alpha value is -1.61. The Morgan fingerprint density at radius 2 is 1.81 bits per heavy atom. The van der Waals surface area contributed by atoms with E-state index in [2.05, 4.69) is 29.8 Å². The monoisotopic (exact) mass is 346 g/mol. The topological polar surface area (TPSA) is 26.3 Å². The molecule has 0 aliphatic rings. The second-order valence-corrected chi connectivity index (χ2v) is 6.31. The molecule has 21 heavy (non-hydrogen) atoms. The van der Waals surface area contributed by atoms with Crippen LogP contribution in [0.15, 0.2) is 46.9 Å². The van der Waals surface area contributed by atoms with Gasteiger partial charge in [-0.05, 0) is 42.2 Å². The number of halogens is 1. The van der Waals surface area contributed by atoms with Gasteiger partial charge in [0.2, 0.25) is 0 Å². The van der Waals surface area contributed by atoms with E-state index in [-0.39, 0.29) is 12.4 Å². The van der Waals surface area contributed by atoms with Crippen LogP contribution in [-0.2, 0) is 0 Å². The standard InChI is InChI=1S/C18H19BrO2/c1-12(2)14-4-6-15(7-5-14)17(20)11-21-18-9-8-16(19)10-13(18)3/h4-10,12H,11H2,1-3H3. The average molecular weight is 347 g/mol. The lowest BCUT2D eigenvalue weighted by atomic mass is 10.0. The lowest BCUT2D eigenvalue weighted by molar-refractivity contribution is 0.0921. The minimum absolute atomic E-state index is 0.00683. The van der Waals surface area contributed by atoms with Gasteiger partial charge in [-0.15, -0.1) is 0 Å². The summed E-state index contributed by atoms with van der Waals surface area (Å²) in [6.07, 6.45) is 0. The zero-order valence-electron chi connectivity index (χ0n) is 12.5. The van der Waals surface area contributed by atoms with E-state index in [1.54, 1.807) is 0 Å². The third-order valence-corrected chi connectivity index (χ3v) is 3.89. The normalized spacial score (nSPS) is 10.7. The molecule has 0 aliphatic carbocycles. The van der Waals surface area contributed by atoms with Crippen molar-refractivity contribution in [2.24, 2.45) is 0 Å². The van der Waals surface area contributed by atoms with Gasteiger partial charge in [-0.25, -0.2) is 0 Å². The minimum Gasteiger partial charge on any atom is -0.485 e. The van der Waals surface area contributed by atoms with E-state index in [4.69, 9.17) is 4.74 Å². The predicted molar refractivity (Wildman–Crippen MR) is 89.2 cm³/mol. The van der Waals surface area contributed by atoms with Crippen molar-refractivity contribution in [3.05, 3.63) is 63.6 Å². The molecule has 0 saturated carbocycles. The molecular formula is C18H19BrO2. The minimum atomic E-state index is -0.00683. The molecule has 0 bridgehead atoms. The molecule has 2 rings (SSSR count). The molecule has 0 spiro atoms. The first-order chi connectivity index (χ1) is 9.97. The highest BCUT2D eigenvalue weighted by molar-refractivity contribution is 9.10. The van der Waals surface area contributed by atoms with Crippen LogP contribution < -0.4 is 4.74 Å². The molecule has 0 N–H and O–H groups in total. The first-order valence-corrected chi connectivity index (χ1v) is 7.79. The molecule has 0 radical (unpaired) electrons. The van der Waals surface area contributed by atoms with Crippen molar-refractivity contribution in [2.45, 2.75) is 26.7 Å². The van der Waals surface area contributed by atoms with Crippen molar-refractivity contribution in [3.63, 3.8) is 0 Å². The average Bonchev–Trinajstić information content (AvgIpc) is 2.46. The van der Waals surface area contributed by atoms with Gasteiger partial charge in [-0.3, -0.25) is 4.79 Å². The number of Topliss-reactive ketones (excluding diaryl/α,β-unsaturated/α-hetero) is 1. The molecule has 3 heteroatoms. The molecule has 0 heterocycles. The van der Waals surface area contributed by atoms with Crippen molar-refractivity contribution in [1.82, 2.24) is 0 Å². The van der Waals surface area contributed by atoms with E-state index in [0.717, 1.165) is 15.8 Å². The highest BCUT2D eigenvalue weighted by atomic mass is 79.9. The first kappa shape index (κ1) is 15.8. The number of carbonyl (C=O) groups is 1. The zero-order chi connectivity index (χ0) is 15.4. The van der Waals surface area contributed by atoms with Crippen molar-refractivity contribution in [1.29, 1.82) is 0 Å². The maximum absolute atomic E-state index is 12.1. The largest absolute Gasteiger partial charge is 0.485 e. The Bertz CT molecular complexity index is 630. The van der Waals surface area contributed by atoms with Crippen LogP contribution >= 0.6 is 15.9 Å². The summed E-state index contributed by atoms with van der Waals surface area (Å²) in [5.74, 6) is 1.20. The van der Waals surface area contributed by atoms with Crippen molar-refractivity contribution in [2.75, 3.05) is 6.61 Å². The molecular weight excluding hydrogens is 328 g/mol. The summed E-state index contributed by atoms with van der Waals surface area (Å²) >= 11 is 3.41. The van der Waals surface area contributed by atoms with Gasteiger partial charge in [0, 0.05) is 10.0 Å². The molecule has 0 aromatic heterocycles. The molecule has 2 nitrogen and oxygen atoms in total. The van der Waals surface area contributed by atoms with Crippen LogP contribution in [0.5, 0.6) is 5.75 Å². The molecule has 0 saturated heterocycles. The van der Waals surface area contributed by atoms with Crippen LogP contribution in [0.4, 0.5) is 0 Å². The lowest BCUT2D eigenvalue weighted by Gasteiger charge is -2.10. The molecule has 0 aliphatic heterocycles. The molecule has 0 atom stereocenters. The molecule has 0 unspecified atom stereocenters. The number of ether oxygens (including phenoxy) is 1. The van der Waals surface area contributed by atoms with Gasteiger partial charge in [0.25, 0.3) is 0 Å². The van der Waals surface area contributed by atoms with E-state index in [1.807, 2.05) is 49.4 Å². The van der Waals surface area contributed by atoms with E-state index in [0.29, 0.717) is 11.5 Å². The first-order valence-electron chi connectivity index (χ1n) is 6.99. The summed E-state index contributed by atoms with van der Waals surface area (Å²) in [6, 6.07) is 13.5. The van der Waals surface area contributed by atoms with E-state index < -0.39 is 0 Å². The van der Waals surface area contributed by atoms with Gasteiger partial charge in [-0.1, -0.05) is 54.0 Å². The summed E-state index contributed by atoms with van der Waals surface area (Å²) in [5.41, 5.74) is 2.93. The van der Waals surface area contributed by atoms with Crippen LogP contribution in [0.25, 0.3) is 0 Å². The Balaban J connectivity index is 2.01. The Kier molecular flexibility index (Phi) is 5.18. The van der Waals surface area contributed by atoms with Gasteiger partial charge < -0.3 is 4.74 Å². The predicted octanol–water partition coefficient (Wildman–Crippen LogP) is 5.14. The number of hydrogen-bond donors (Lipinski definition) is 0. The third kappa shape index (κ3) is 4.18. The number of rotatable bonds is 5. The zero-order valence-corrected chi connectivity index (χ0v) is 14.1. The van der Waals surface area contributed by atoms with Gasteiger partial charge in [-0.2, -0.15) is 0 Å². The Morgan fingerprint density at radius 1 is 1.14 bits per heavy atom. The fourth-order valence-electron chi connectivity index (χ4n) is 2.06. The van der Waals surface area contributed by atoms with Gasteiger partial charge in [0.1, 0.15) is 5.75 Å². The van der Waals surface area contributed by atoms with Crippen LogP contribution in [0.1, 0.15) is 41.3 Å². The number of hydrogen-bond acceptors (Lipinski definition) is 2. The molecule has 0 amide bonds. The number of carbonyl (C=O) groups excluding carboxylic acids is 1. The van der Waals surface area contributed by atoms with Crippen molar-refractivity contribution in [3.8, 4) is 5.75 Å². The summed E-state index contributed by atoms with van der Waals surface area (Å²) in [4.78, 5) is 12.1. The molecule has 2 aromatic carbocycles. The van der Waals surface area contributed by atoms with Gasteiger partial charge in [0.15, 0.2) is 12.4 Å².